The van der Waals surface area contributed by atoms with Gasteiger partial charge in [0.1, 0.15) is 5.75 Å². The van der Waals surface area contributed by atoms with Crippen LogP contribution >= 0.6 is 0 Å². The molecule has 0 saturated carbocycles. The van der Waals surface area contributed by atoms with E-state index < -0.39 is 18.9 Å². The first-order valence-electron chi connectivity index (χ1n) is 9.33. The molecule has 1 heterocycles. The van der Waals surface area contributed by atoms with Gasteiger partial charge in [-0.2, -0.15) is 0 Å². The lowest BCUT2D eigenvalue weighted by atomic mass is 10.0. The summed E-state index contributed by atoms with van der Waals surface area (Å²) in [6.07, 6.45) is -0.114. The third kappa shape index (κ3) is 3.56. The molecular weight excluding hydrogens is 264 g/mol. The first-order valence-corrected chi connectivity index (χ1v) is 7.33. The number of aromatic hydroxyl groups is 1. The number of anilines is 1. The maximum Gasteiger partial charge on any atom is 0.241 e. The van der Waals surface area contributed by atoms with Gasteiger partial charge in [-0.1, -0.05) is 19.4 Å². The Balaban J connectivity index is 2.29. The fraction of sp³-hybridized carbons (Fsp3) is 0.588. The van der Waals surface area contributed by atoms with Crippen LogP contribution in [0.3, 0.4) is 0 Å². The first-order chi connectivity index (χ1) is 11.5. The number of phenolic OH excluding ortho intramolecular Hbond substituents is 1. The zero-order valence-electron chi connectivity index (χ0n) is 16.9. The molecule has 1 aromatic rings. The van der Waals surface area contributed by atoms with Gasteiger partial charge in [0.15, 0.2) is 0 Å². The molecule has 1 fully saturated rings. The number of amides is 1. The highest BCUT2D eigenvalue weighted by Gasteiger charge is 2.28. The first kappa shape index (κ1) is 11.1. The standard InChI is InChI=1S/C17H26N2O2/c1-4-10-19-11-6-5-7-14(19)17(21)18-16-12(2)8-9-15(20)13(16)3/h8-9,14,20H,4-7,10-11H2,1-3H3,(H,18,21)/t14-/m1/s1/i4D2,10D2. The summed E-state index contributed by atoms with van der Waals surface area (Å²) in [5.74, 6) is -0.286. The van der Waals surface area contributed by atoms with Gasteiger partial charge >= 0.3 is 0 Å². The summed E-state index contributed by atoms with van der Waals surface area (Å²) in [6, 6.07) is 2.53. The number of nitrogens with one attached hydrogen (secondary N) is 1. The normalized spacial score (nSPS) is 23.7. The van der Waals surface area contributed by atoms with Crippen LogP contribution in [0, 0.1) is 13.8 Å². The van der Waals surface area contributed by atoms with Crippen molar-refractivity contribution in [2.45, 2.75) is 52.4 Å². The number of carbonyl (C=O) groups excluding carboxylic acids is 1. The van der Waals surface area contributed by atoms with E-state index in [1.54, 1.807) is 19.1 Å². The SMILES string of the molecule is [2H]C([2H])(C)C([2H])([2H])N1CCCC[C@@H]1C(=O)Nc1c(C)ccc(O)c1C. The second-order valence-electron chi connectivity index (χ2n) is 5.46. The van der Waals surface area contributed by atoms with E-state index in [1.165, 1.54) is 11.8 Å². The molecule has 4 heteroatoms. The summed E-state index contributed by atoms with van der Waals surface area (Å²) in [4.78, 5) is 14.2. The topological polar surface area (TPSA) is 52.6 Å². The highest BCUT2D eigenvalue weighted by Crippen LogP contribution is 2.29. The molecule has 2 rings (SSSR count). The number of rotatable bonds is 4. The van der Waals surface area contributed by atoms with Gasteiger partial charge in [0.05, 0.1) is 11.7 Å². The lowest BCUT2D eigenvalue weighted by Gasteiger charge is -2.34. The van der Waals surface area contributed by atoms with Gasteiger partial charge in [-0.15, -0.1) is 0 Å². The fourth-order valence-corrected chi connectivity index (χ4v) is 2.72. The number of carbonyl (C=O) groups is 1. The quantitative estimate of drug-likeness (QED) is 0.896. The van der Waals surface area contributed by atoms with Crippen molar-refractivity contribution in [2.75, 3.05) is 18.4 Å². The van der Waals surface area contributed by atoms with Gasteiger partial charge < -0.3 is 10.4 Å². The summed E-state index contributed by atoms with van der Waals surface area (Å²) >= 11 is 0. The van der Waals surface area contributed by atoms with Crippen molar-refractivity contribution in [3.63, 3.8) is 0 Å². The van der Waals surface area contributed by atoms with E-state index in [2.05, 4.69) is 5.32 Å². The molecule has 1 atom stereocenters. The van der Waals surface area contributed by atoms with Crippen LogP contribution in [0.4, 0.5) is 5.69 Å². The second kappa shape index (κ2) is 6.94. The molecule has 1 aliphatic heterocycles. The molecule has 0 spiro atoms. The monoisotopic (exact) mass is 294 g/mol. The van der Waals surface area contributed by atoms with E-state index in [0.29, 0.717) is 24.2 Å². The van der Waals surface area contributed by atoms with Crippen molar-refractivity contribution in [3.8, 4) is 5.75 Å². The minimum absolute atomic E-state index is 0.0848. The molecule has 116 valence electrons. The lowest BCUT2D eigenvalue weighted by molar-refractivity contribution is -0.122. The average molecular weight is 294 g/mol. The number of hydrogen-bond donors (Lipinski definition) is 2. The molecule has 1 aliphatic rings. The molecule has 1 amide bonds. The van der Waals surface area contributed by atoms with Crippen LogP contribution in [0.2, 0.25) is 0 Å². The molecule has 0 unspecified atom stereocenters. The maximum absolute atomic E-state index is 12.8. The van der Waals surface area contributed by atoms with E-state index in [9.17, 15) is 9.90 Å². The minimum Gasteiger partial charge on any atom is -0.508 e. The predicted molar refractivity (Wildman–Crippen MR) is 85.7 cm³/mol. The van der Waals surface area contributed by atoms with Crippen LogP contribution in [-0.2, 0) is 4.79 Å². The lowest BCUT2D eigenvalue weighted by Crippen LogP contribution is -2.47. The molecule has 0 aromatic heterocycles. The van der Waals surface area contributed by atoms with Crippen LogP contribution < -0.4 is 5.32 Å². The number of hydrogen-bond acceptors (Lipinski definition) is 3. The summed E-state index contributed by atoms with van der Waals surface area (Å²) in [5.41, 5.74) is 1.89. The zero-order chi connectivity index (χ0) is 19.0. The highest BCUT2D eigenvalue weighted by molar-refractivity contribution is 5.96. The Labute approximate surface area is 132 Å². The summed E-state index contributed by atoms with van der Waals surface area (Å²) < 4.78 is 32.0. The van der Waals surface area contributed by atoms with Crippen LogP contribution in [-0.4, -0.2) is 35.0 Å². The van der Waals surface area contributed by atoms with Gasteiger partial charge in [-0.3, -0.25) is 9.69 Å². The van der Waals surface area contributed by atoms with Crippen LogP contribution in [0.1, 0.15) is 49.2 Å². The molecule has 1 aromatic carbocycles. The van der Waals surface area contributed by atoms with E-state index in [4.69, 9.17) is 5.48 Å². The largest absolute Gasteiger partial charge is 0.508 e. The van der Waals surface area contributed by atoms with Crippen LogP contribution in [0.25, 0.3) is 0 Å². The van der Waals surface area contributed by atoms with E-state index in [0.717, 1.165) is 18.4 Å². The molecule has 0 radical (unpaired) electrons. The molecule has 0 aliphatic carbocycles. The fourth-order valence-electron chi connectivity index (χ4n) is 2.72. The van der Waals surface area contributed by atoms with Gasteiger partial charge in [0, 0.05) is 11.0 Å². The zero-order valence-corrected chi connectivity index (χ0v) is 12.9. The second-order valence-corrected chi connectivity index (χ2v) is 5.46. The van der Waals surface area contributed by atoms with Crippen molar-refractivity contribution in [1.29, 1.82) is 0 Å². The summed E-state index contributed by atoms with van der Waals surface area (Å²) in [5, 5.41) is 12.7. The molecule has 1 saturated heterocycles. The van der Waals surface area contributed by atoms with Gasteiger partial charge in [-0.05, 0) is 57.7 Å². The number of nitrogens with zero attached hydrogens (tertiary/aromatic N) is 1. The summed E-state index contributed by atoms with van der Waals surface area (Å²) in [7, 11) is 0. The van der Waals surface area contributed by atoms with E-state index in [-0.39, 0.29) is 11.7 Å². The Kier molecular flexibility index (Phi) is 3.66. The van der Waals surface area contributed by atoms with Crippen molar-refractivity contribution < 1.29 is 15.4 Å². The molecule has 21 heavy (non-hydrogen) atoms. The Morgan fingerprint density at radius 2 is 2.24 bits per heavy atom. The molecular formula is C17H26N2O2. The Hall–Kier alpha value is -1.55. The molecule has 2 N–H and O–H groups in total. The Morgan fingerprint density at radius 3 is 2.95 bits per heavy atom. The predicted octanol–water partition coefficient (Wildman–Crippen LogP) is 3.21. The van der Waals surface area contributed by atoms with Crippen molar-refractivity contribution in [3.05, 3.63) is 23.3 Å². The molecule has 4 nitrogen and oxygen atoms in total. The number of benzene rings is 1. The summed E-state index contributed by atoms with van der Waals surface area (Å²) in [6.45, 7) is 2.81. The van der Waals surface area contributed by atoms with Crippen LogP contribution in [0.15, 0.2) is 12.1 Å². The maximum atomic E-state index is 12.8. The van der Waals surface area contributed by atoms with Crippen LogP contribution in [0.5, 0.6) is 5.75 Å². The van der Waals surface area contributed by atoms with Gasteiger partial charge in [0.25, 0.3) is 0 Å². The number of likely N-dealkylation sites (tertiary alicyclic amines) is 1. The van der Waals surface area contributed by atoms with Crippen molar-refractivity contribution in [2.24, 2.45) is 0 Å². The highest BCUT2D eigenvalue weighted by atomic mass is 16.3. The van der Waals surface area contributed by atoms with Crippen molar-refractivity contribution >= 4 is 11.6 Å². The van der Waals surface area contributed by atoms with E-state index in [1.807, 2.05) is 6.92 Å². The van der Waals surface area contributed by atoms with Gasteiger partial charge in [0.2, 0.25) is 5.91 Å². The van der Waals surface area contributed by atoms with Gasteiger partial charge in [-0.25, -0.2) is 0 Å². The Bertz CT molecular complexity index is 659. The smallest absolute Gasteiger partial charge is 0.241 e. The average Bonchev–Trinajstić information content (AvgIpc) is 2.54. The third-order valence-corrected chi connectivity index (χ3v) is 3.95. The Morgan fingerprint density at radius 1 is 1.48 bits per heavy atom. The minimum atomic E-state index is -2.25. The number of aryl methyl sites for hydroxylation is 1. The number of phenols is 1. The third-order valence-electron chi connectivity index (χ3n) is 3.95. The molecule has 0 bridgehead atoms. The number of piperidine rings is 1. The van der Waals surface area contributed by atoms with E-state index >= 15 is 0 Å². The van der Waals surface area contributed by atoms with Crippen molar-refractivity contribution in [1.82, 2.24) is 4.90 Å².